The summed E-state index contributed by atoms with van der Waals surface area (Å²) in [5, 5.41) is 10.7. The number of carbonyl (C=O) groups excluding carboxylic acids is 4. The molecule has 0 aliphatic heterocycles. The van der Waals surface area contributed by atoms with Crippen LogP contribution in [0.2, 0.25) is 0 Å². The van der Waals surface area contributed by atoms with Gasteiger partial charge in [0.15, 0.2) is 12.2 Å². The van der Waals surface area contributed by atoms with Crippen molar-refractivity contribution in [2.24, 2.45) is 11.8 Å². The summed E-state index contributed by atoms with van der Waals surface area (Å²) in [6, 6.07) is 0. The van der Waals surface area contributed by atoms with Gasteiger partial charge in [-0.1, -0.05) is 420 Å². The molecule has 17 nitrogen and oxygen atoms in total. The highest BCUT2D eigenvalue weighted by Crippen LogP contribution is 2.45. The van der Waals surface area contributed by atoms with Crippen LogP contribution in [0.5, 0.6) is 0 Å². The Morgan fingerprint density at radius 1 is 0.252 bits per heavy atom. The second kappa shape index (κ2) is 79.3. The van der Waals surface area contributed by atoms with Gasteiger partial charge in [-0.05, 0) is 37.5 Å². The van der Waals surface area contributed by atoms with Crippen LogP contribution in [0.3, 0.4) is 0 Å². The Kier molecular flexibility index (Phi) is 77.9. The van der Waals surface area contributed by atoms with E-state index in [1.54, 1.807) is 0 Å². The number of aliphatic hydroxyl groups is 1. The highest BCUT2D eigenvalue weighted by molar-refractivity contribution is 7.47. The van der Waals surface area contributed by atoms with E-state index >= 15 is 0 Å². The first-order valence-corrected chi connectivity index (χ1v) is 48.5. The molecule has 0 aliphatic rings. The minimum absolute atomic E-state index is 0.108. The van der Waals surface area contributed by atoms with Gasteiger partial charge in [0.1, 0.15) is 19.3 Å². The first kappa shape index (κ1) is 105. The summed E-state index contributed by atoms with van der Waals surface area (Å²) in [4.78, 5) is 73.3. The molecule has 0 aromatic carbocycles. The van der Waals surface area contributed by atoms with Crippen LogP contribution in [-0.2, 0) is 65.4 Å². The molecule has 0 bridgehead atoms. The van der Waals surface area contributed by atoms with Crippen molar-refractivity contribution in [3.8, 4) is 0 Å². The van der Waals surface area contributed by atoms with Crippen LogP contribution in [0.25, 0.3) is 0 Å². The zero-order chi connectivity index (χ0) is 78.5. The number of hydrogen-bond donors (Lipinski definition) is 3. The van der Waals surface area contributed by atoms with Crippen molar-refractivity contribution in [1.29, 1.82) is 0 Å². The number of rotatable bonds is 87. The third kappa shape index (κ3) is 81.9. The van der Waals surface area contributed by atoms with Gasteiger partial charge >= 0.3 is 39.5 Å². The number of ether oxygens (including phenoxy) is 4. The van der Waals surface area contributed by atoms with Crippen LogP contribution in [0.15, 0.2) is 0 Å². The molecule has 0 radical (unpaired) electrons. The van der Waals surface area contributed by atoms with Crippen LogP contribution in [-0.4, -0.2) is 96.7 Å². The van der Waals surface area contributed by atoms with Gasteiger partial charge in [0.05, 0.1) is 26.4 Å². The second-order valence-electron chi connectivity index (χ2n) is 32.6. The Morgan fingerprint density at radius 3 is 0.636 bits per heavy atom. The molecule has 0 aliphatic carbocycles. The van der Waals surface area contributed by atoms with E-state index in [4.69, 9.17) is 37.0 Å². The number of aliphatic hydroxyl groups excluding tert-OH is 1. The van der Waals surface area contributed by atoms with Crippen LogP contribution in [0, 0.1) is 11.8 Å². The van der Waals surface area contributed by atoms with Gasteiger partial charge < -0.3 is 33.8 Å². The first-order chi connectivity index (χ1) is 51.9. The fraction of sp³-hybridized carbons (Fsp3) is 0.955. The molecule has 19 heteroatoms. The Hall–Kier alpha value is -1.94. The predicted octanol–water partition coefficient (Wildman–Crippen LogP) is 27.0. The maximum Gasteiger partial charge on any atom is 0.472 e. The molecule has 0 rings (SSSR count). The van der Waals surface area contributed by atoms with Crippen LogP contribution in [0.4, 0.5) is 0 Å². The third-order valence-corrected chi connectivity index (χ3v) is 22.6. The van der Waals surface area contributed by atoms with Gasteiger partial charge in [0.25, 0.3) is 0 Å². The van der Waals surface area contributed by atoms with Crippen LogP contribution in [0.1, 0.15) is 472 Å². The van der Waals surface area contributed by atoms with E-state index in [0.29, 0.717) is 25.7 Å². The molecule has 0 heterocycles. The van der Waals surface area contributed by atoms with E-state index in [2.05, 4.69) is 41.5 Å². The average molecular weight is 1560 g/mol. The molecule has 0 aromatic rings. The lowest BCUT2D eigenvalue weighted by Crippen LogP contribution is -2.30. The molecule has 636 valence electrons. The van der Waals surface area contributed by atoms with Crippen molar-refractivity contribution in [3.63, 3.8) is 0 Å². The summed E-state index contributed by atoms with van der Waals surface area (Å²) in [7, 11) is -9.93. The third-order valence-electron chi connectivity index (χ3n) is 20.7. The topological polar surface area (TPSA) is 237 Å². The average Bonchev–Trinajstić information content (AvgIpc) is 0.903. The molecule has 3 N–H and O–H groups in total. The molecule has 0 saturated carbocycles. The highest BCUT2D eigenvalue weighted by Gasteiger charge is 2.30. The lowest BCUT2D eigenvalue weighted by Gasteiger charge is -2.21. The predicted molar refractivity (Wildman–Crippen MR) is 442 cm³/mol. The van der Waals surface area contributed by atoms with Crippen LogP contribution < -0.4 is 0 Å². The summed E-state index contributed by atoms with van der Waals surface area (Å²) >= 11 is 0. The molecule has 107 heavy (non-hydrogen) atoms. The Bertz CT molecular complexity index is 2050. The van der Waals surface area contributed by atoms with Gasteiger partial charge in [-0.15, -0.1) is 0 Å². The number of phosphoric ester groups is 2. The monoisotopic (exact) mass is 1560 g/mol. The summed E-state index contributed by atoms with van der Waals surface area (Å²) in [5.41, 5.74) is 0. The van der Waals surface area contributed by atoms with Crippen LogP contribution >= 0.6 is 15.6 Å². The van der Waals surface area contributed by atoms with Gasteiger partial charge in [-0.25, -0.2) is 9.13 Å². The summed E-state index contributed by atoms with van der Waals surface area (Å²) in [6.07, 6.45) is 72.2. The van der Waals surface area contributed by atoms with E-state index in [0.717, 1.165) is 102 Å². The largest absolute Gasteiger partial charge is 0.472 e. The fourth-order valence-electron chi connectivity index (χ4n) is 13.8. The molecule has 0 fully saturated rings. The fourth-order valence-corrected chi connectivity index (χ4v) is 15.4. The first-order valence-electron chi connectivity index (χ1n) is 45.5. The van der Waals surface area contributed by atoms with Crippen molar-refractivity contribution in [3.05, 3.63) is 0 Å². The second-order valence-corrected chi connectivity index (χ2v) is 35.5. The van der Waals surface area contributed by atoms with E-state index in [1.807, 2.05) is 0 Å². The van der Waals surface area contributed by atoms with Gasteiger partial charge in [0.2, 0.25) is 0 Å². The van der Waals surface area contributed by atoms with Crippen molar-refractivity contribution in [2.75, 3.05) is 39.6 Å². The molecule has 2 unspecified atom stereocenters. The van der Waals surface area contributed by atoms with Crippen molar-refractivity contribution < 1.29 is 80.2 Å². The molecule has 0 aromatic heterocycles. The quantitative estimate of drug-likeness (QED) is 0.0222. The zero-order valence-corrected chi connectivity index (χ0v) is 72.2. The van der Waals surface area contributed by atoms with Crippen molar-refractivity contribution >= 4 is 39.5 Å². The lowest BCUT2D eigenvalue weighted by molar-refractivity contribution is -0.161. The van der Waals surface area contributed by atoms with Crippen molar-refractivity contribution in [1.82, 2.24) is 0 Å². The minimum Gasteiger partial charge on any atom is -0.462 e. The van der Waals surface area contributed by atoms with Gasteiger partial charge in [0, 0.05) is 25.7 Å². The minimum atomic E-state index is -4.97. The molecule has 0 amide bonds. The van der Waals surface area contributed by atoms with E-state index in [1.165, 1.54) is 289 Å². The van der Waals surface area contributed by atoms with Crippen molar-refractivity contribution in [2.45, 2.75) is 490 Å². The summed E-state index contributed by atoms with van der Waals surface area (Å²) < 4.78 is 69.0. The summed E-state index contributed by atoms with van der Waals surface area (Å²) in [6.45, 7) is 9.72. The van der Waals surface area contributed by atoms with Gasteiger partial charge in [-0.2, -0.15) is 0 Å². The number of carbonyl (C=O) groups is 4. The standard InChI is InChI=1S/C88H172O17P2/c1-7-9-11-13-15-17-19-21-22-23-24-25-26-27-28-29-35-42-48-54-60-66-72-87(92)104-83(77-99-86(91)71-65-59-53-47-41-34-31-30-33-38-44-50-56-62-68-80(3)4)78-102-106(94,95)100-74-82(89)75-101-107(96,97)103-79-84(76-98-85(90)70-64-58-52-46-40-32-20-18-16-14-12-10-8-2)105-88(93)73-67-61-55-49-43-37-36-39-45-51-57-63-69-81(5)6/h80-84,89H,7-79H2,1-6H3,(H,94,95)(H,96,97)/t82-,83-,84-/m1/s1. The normalized spacial score (nSPS) is 13.8. The maximum atomic E-state index is 13.2. The smallest absolute Gasteiger partial charge is 0.462 e. The molecule has 5 atom stereocenters. The highest BCUT2D eigenvalue weighted by atomic mass is 31.2. The molecule has 0 saturated heterocycles. The molecule has 0 spiro atoms. The Balaban J connectivity index is 5.25. The van der Waals surface area contributed by atoms with E-state index < -0.39 is 97.5 Å². The molecular formula is C88H172O17P2. The van der Waals surface area contributed by atoms with Gasteiger partial charge in [-0.3, -0.25) is 37.3 Å². The Morgan fingerprint density at radius 2 is 0.430 bits per heavy atom. The number of hydrogen-bond acceptors (Lipinski definition) is 15. The van der Waals surface area contributed by atoms with E-state index in [-0.39, 0.29) is 25.7 Å². The SMILES string of the molecule is CCCCCCCCCCCCCCCCCCCCCCCCC(=O)O[C@H](COC(=O)CCCCCCCCCCCCCCCCC(C)C)COP(=O)(O)OC[C@@H](O)COP(=O)(O)OC[C@@H](COC(=O)CCCCCCCCCCCCCCC)OC(=O)CCCCCCCCCCCCCCC(C)C. The molecular weight excluding hydrogens is 1390 g/mol. The Labute approximate surface area is 658 Å². The zero-order valence-electron chi connectivity index (χ0n) is 70.5. The number of unbranched alkanes of at least 4 members (excludes halogenated alkanes) is 57. The van der Waals surface area contributed by atoms with E-state index in [9.17, 15) is 43.2 Å². The number of phosphoric acid groups is 2. The maximum absolute atomic E-state index is 13.2. The summed E-state index contributed by atoms with van der Waals surface area (Å²) in [5.74, 6) is -0.523. The lowest BCUT2D eigenvalue weighted by atomic mass is 10.0. The number of esters is 4.